The zero-order valence-electron chi connectivity index (χ0n) is 7.92. The van der Waals surface area contributed by atoms with Crippen molar-refractivity contribution in [2.75, 3.05) is 0 Å². The van der Waals surface area contributed by atoms with Gasteiger partial charge < -0.3 is 5.11 Å². The monoisotopic (exact) mass is 168 g/mol. The summed E-state index contributed by atoms with van der Waals surface area (Å²) < 4.78 is 0. The Labute approximate surface area is 73.3 Å². The molecule has 0 aromatic heterocycles. The molecular formula is C10H16O2. The third-order valence-corrected chi connectivity index (χ3v) is 2.30. The van der Waals surface area contributed by atoms with Crippen molar-refractivity contribution in [2.24, 2.45) is 11.3 Å². The molecule has 0 aromatic carbocycles. The molecule has 1 unspecified atom stereocenters. The van der Waals surface area contributed by atoms with Crippen molar-refractivity contribution in [1.29, 1.82) is 0 Å². The van der Waals surface area contributed by atoms with Gasteiger partial charge in [-0.15, -0.1) is 0 Å². The second-order valence-corrected chi connectivity index (χ2v) is 4.52. The fourth-order valence-electron chi connectivity index (χ4n) is 2.07. The summed E-state index contributed by atoms with van der Waals surface area (Å²) in [5.74, 6) is -0.352. The van der Waals surface area contributed by atoms with Gasteiger partial charge in [0.15, 0.2) is 0 Å². The first kappa shape index (κ1) is 9.30. The van der Waals surface area contributed by atoms with E-state index in [1.807, 2.05) is 6.08 Å². The summed E-state index contributed by atoms with van der Waals surface area (Å²) in [7, 11) is 0. The zero-order chi connectivity index (χ0) is 9.35. The first-order valence-corrected chi connectivity index (χ1v) is 4.35. The third-order valence-electron chi connectivity index (χ3n) is 2.30. The van der Waals surface area contributed by atoms with Crippen molar-refractivity contribution in [3.05, 3.63) is 11.6 Å². The lowest BCUT2D eigenvalue weighted by atomic mass is 9.73. The van der Waals surface area contributed by atoms with E-state index >= 15 is 0 Å². The minimum absolute atomic E-state index is 0.155. The number of hydrogen-bond acceptors (Lipinski definition) is 1. The summed E-state index contributed by atoms with van der Waals surface area (Å²) in [4.78, 5) is 10.7. The maximum absolute atomic E-state index is 10.7. The Morgan fingerprint density at radius 1 is 1.67 bits per heavy atom. The van der Waals surface area contributed by atoms with Crippen LogP contribution in [0.3, 0.4) is 0 Å². The van der Waals surface area contributed by atoms with Crippen LogP contribution in [0.4, 0.5) is 0 Å². The van der Waals surface area contributed by atoms with Crippen LogP contribution in [0.2, 0.25) is 0 Å². The quantitative estimate of drug-likeness (QED) is 0.653. The molecule has 0 aliphatic heterocycles. The van der Waals surface area contributed by atoms with Gasteiger partial charge in [0.05, 0.1) is 0 Å². The average Bonchev–Trinajstić information content (AvgIpc) is 1.82. The molecule has 2 nitrogen and oxygen atoms in total. The lowest BCUT2D eigenvalue weighted by Crippen LogP contribution is -2.23. The fourth-order valence-corrected chi connectivity index (χ4v) is 2.07. The molecule has 0 aromatic rings. The number of carbonyl (C=O) groups is 1. The molecule has 0 spiro atoms. The molecule has 0 saturated heterocycles. The summed E-state index contributed by atoms with van der Waals surface area (Å²) in [6.07, 6.45) is 3.67. The minimum atomic E-state index is -0.755. The smallest absolute Gasteiger partial charge is 0.331 e. The van der Waals surface area contributed by atoms with Gasteiger partial charge in [0.2, 0.25) is 0 Å². The molecular weight excluding hydrogens is 152 g/mol. The molecule has 0 saturated carbocycles. The molecule has 2 heteroatoms. The van der Waals surface area contributed by atoms with Gasteiger partial charge in [-0.1, -0.05) is 26.8 Å². The Balaban J connectivity index is 2.83. The van der Waals surface area contributed by atoms with E-state index in [-0.39, 0.29) is 5.41 Å². The number of carboxylic acid groups (broad SMARTS) is 1. The highest BCUT2D eigenvalue weighted by atomic mass is 16.4. The Hall–Kier alpha value is -0.790. The van der Waals surface area contributed by atoms with Gasteiger partial charge in [0.25, 0.3) is 0 Å². The number of hydrogen-bond donors (Lipinski definition) is 1. The standard InChI is InChI=1S/C10H16O2/c1-7-4-8(9(11)12)6-10(2,3)5-7/h4,7H,5-6H2,1-3H3,(H,11,12). The van der Waals surface area contributed by atoms with Crippen LogP contribution in [0.1, 0.15) is 33.6 Å². The van der Waals surface area contributed by atoms with Crippen molar-refractivity contribution >= 4 is 5.97 Å². The fraction of sp³-hybridized carbons (Fsp3) is 0.700. The van der Waals surface area contributed by atoms with E-state index in [1.165, 1.54) is 0 Å². The van der Waals surface area contributed by atoms with E-state index in [0.29, 0.717) is 17.9 Å². The van der Waals surface area contributed by atoms with E-state index in [4.69, 9.17) is 5.11 Å². The van der Waals surface area contributed by atoms with Crippen LogP contribution in [0, 0.1) is 11.3 Å². The highest BCUT2D eigenvalue weighted by Gasteiger charge is 2.28. The summed E-state index contributed by atoms with van der Waals surface area (Å²) >= 11 is 0. The highest BCUT2D eigenvalue weighted by Crippen LogP contribution is 2.37. The number of aliphatic carboxylic acids is 1. The lowest BCUT2D eigenvalue weighted by Gasteiger charge is -2.31. The van der Waals surface area contributed by atoms with Crippen LogP contribution in [0.15, 0.2) is 11.6 Å². The zero-order valence-corrected chi connectivity index (χ0v) is 7.92. The van der Waals surface area contributed by atoms with Crippen molar-refractivity contribution in [1.82, 2.24) is 0 Å². The van der Waals surface area contributed by atoms with Gasteiger partial charge >= 0.3 is 5.97 Å². The molecule has 1 rings (SSSR count). The van der Waals surface area contributed by atoms with E-state index < -0.39 is 5.97 Å². The summed E-state index contributed by atoms with van der Waals surface area (Å²) in [5, 5.41) is 8.82. The molecule has 68 valence electrons. The summed E-state index contributed by atoms with van der Waals surface area (Å²) in [5.41, 5.74) is 0.737. The van der Waals surface area contributed by atoms with Gasteiger partial charge in [-0.25, -0.2) is 4.79 Å². The molecule has 0 fully saturated rings. The second kappa shape index (κ2) is 2.92. The van der Waals surface area contributed by atoms with Gasteiger partial charge in [0.1, 0.15) is 0 Å². The van der Waals surface area contributed by atoms with Crippen molar-refractivity contribution in [2.45, 2.75) is 33.6 Å². The van der Waals surface area contributed by atoms with Gasteiger partial charge in [-0.3, -0.25) is 0 Å². The first-order chi connectivity index (χ1) is 5.41. The summed E-state index contributed by atoms with van der Waals surface area (Å²) in [6, 6.07) is 0. The van der Waals surface area contributed by atoms with Crippen LogP contribution in [-0.4, -0.2) is 11.1 Å². The second-order valence-electron chi connectivity index (χ2n) is 4.52. The van der Waals surface area contributed by atoms with Crippen LogP contribution < -0.4 is 0 Å². The van der Waals surface area contributed by atoms with E-state index in [9.17, 15) is 4.79 Å². The summed E-state index contributed by atoms with van der Waals surface area (Å²) in [6.45, 7) is 6.32. The van der Waals surface area contributed by atoms with Crippen molar-refractivity contribution in [3.63, 3.8) is 0 Å². The minimum Gasteiger partial charge on any atom is -0.478 e. The Morgan fingerprint density at radius 3 is 2.67 bits per heavy atom. The third kappa shape index (κ3) is 2.10. The van der Waals surface area contributed by atoms with E-state index in [1.54, 1.807) is 0 Å². The Bertz CT molecular complexity index is 226. The number of allylic oxidation sites excluding steroid dienone is 1. The van der Waals surface area contributed by atoms with Crippen LogP contribution >= 0.6 is 0 Å². The first-order valence-electron chi connectivity index (χ1n) is 4.35. The van der Waals surface area contributed by atoms with Gasteiger partial charge in [0, 0.05) is 5.57 Å². The molecule has 12 heavy (non-hydrogen) atoms. The highest BCUT2D eigenvalue weighted by molar-refractivity contribution is 5.86. The van der Waals surface area contributed by atoms with Crippen LogP contribution in [0.25, 0.3) is 0 Å². The topological polar surface area (TPSA) is 37.3 Å². The number of rotatable bonds is 1. The van der Waals surface area contributed by atoms with Crippen LogP contribution in [-0.2, 0) is 4.79 Å². The average molecular weight is 168 g/mol. The Morgan fingerprint density at radius 2 is 2.25 bits per heavy atom. The van der Waals surface area contributed by atoms with Gasteiger partial charge in [-0.2, -0.15) is 0 Å². The lowest BCUT2D eigenvalue weighted by molar-refractivity contribution is -0.133. The predicted molar refractivity (Wildman–Crippen MR) is 47.9 cm³/mol. The molecule has 0 bridgehead atoms. The largest absolute Gasteiger partial charge is 0.478 e. The van der Waals surface area contributed by atoms with Crippen molar-refractivity contribution < 1.29 is 9.90 Å². The predicted octanol–water partition coefficient (Wildman–Crippen LogP) is 2.45. The molecule has 1 N–H and O–H groups in total. The van der Waals surface area contributed by atoms with Crippen molar-refractivity contribution in [3.8, 4) is 0 Å². The normalized spacial score (nSPS) is 27.9. The molecule has 1 atom stereocenters. The maximum atomic E-state index is 10.7. The number of carboxylic acids is 1. The van der Waals surface area contributed by atoms with Crippen LogP contribution in [0.5, 0.6) is 0 Å². The molecule has 0 heterocycles. The van der Waals surface area contributed by atoms with E-state index in [2.05, 4.69) is 20.8 Å². The molecule has 1 aliphatic rings. The maximum Gasteiger partial charge on any atom is 0.331 e. The Kier molecular flexibility index (Phi) is 2.27. The van der Waals surface area contributed by atoms with Gasteiger partial charge in [-0.05, 0) is 24.2 Å². The molecule has 0 radical (unpaired) electrons. The molecule has 0 amide bonds. The molecule has 1 aliphatic carbocycles. The van der Waals surface area contributed by atoms with E-state index in [0.717, 1.165) is 6.42 Å². The SMILES string of the molecule is CC1C=C(C(=O)O)CC(C)(C)C1.